The van der Waals surface area contributed by atoms with Crippen LogP contribution in [-0.4, -0.2) is 126 Å². The van der Waals surface area contributed by atoms with E-state index in [0.717, 1.165) is 0 Å². The second-order valence-electron chi connectivity index (χ2n) is 4.62. The van der Waals surface area contributed by atoms with Gasteiger partial charge in [-0.25, -0.2) is 0 Å². The van der Waals surface area contributed by atoms with Gasteiger partial charge in [-0.2, -0.15) is 0 Å². The molecule has 12 heteroatoms. The largest absolute Gasteiger partial charge is 0.394 e. The van der Waals surface area contributed by atoms with E-state index in [1.54, 1.807) is 0 Å². The monoisotopic (exact) mass is 360 g/mol. The van der Waals surface area contributed by atoms with Crippen molar-refractivity contribution in [2.45, 2.75) is 36.6 Å². The van der Waals surface area contributed by atoms with Crippen LogP contribution in [0.1, 0.15) is 0 Å². The minimum absolute atomic E-state index is 0.767. The number of rotatable bonds is 10. The first-order valence-corrected chi connectivity index (χ1v) is 6.66. The molecule has 0 radical (unpaired) electrons. The number of carbonyl (C=O) groups excluding carboxylic acids is 2. The van der Waals surface area contributed by atoms with Crippen molar-refractivity contribution in [3.63, 3.8) is 0 Å². The van der Waals surface area contributed by atoms with Gasteiger partial charge in [-0.1, -0.05) is 0 Å². The molecular formula is C12H24O12. The minimum Gasteiger partial charge on any atom is -0.394 e. The van der Waals surface area contributed by atoms with Crippen molar-refractivity contribution in [1.29, 1.82) is 0 Å². The Kier molecular flexibility index (Phi) is 13.9. The van der Waals surface area contributed by atoms with Gasteiger partial charge in [0.2, 0.25) is 0 Å². The first-order chi connectivity index (χ1) is 11.1. The molecule has 144 valence electrons. The van der Waals surface area contributed by atoms with Gasteiger partial charge in [0.25, 0.3) is 0 Å². The molecule has 0 spiro atoms. The van der Waals surface area contributed by atoms with Crippen molar-refractivity contribution in [3.8, 4) is 0 Å². The van der Waals surface area contributed by atoms with Crippen LogP contribution < -0.4 is 0 Å². The standard InChI is InChI=1S/2C6H12O6/c2*7-1-3(9)5(11)6(12)4(10)2-8/h2*3,5-9,11-12H,1-2H2/t2*3-,5-,6+/m10/s1. The number of hydrogen-bond acceptors (Lipinski definition) is 12. The molecule has 6 atom stereocenters. The lowest BCUT2D eigenvalue weighted by atomic mass is 10.1. The van der Waals surface area contributed by atoms with Crippen LogP contribution in [0.2, 0.25) is 0 Å². The second kappa shape index (κ2) is 13.3. The zero-order valence-electron chi connectivity index (χ0n) is 12.6. The van der Waals surface area contributed by atoms with Crippen molar-refractivity contribution < 1.29 is 60.7 Å². The zero-order chi connectivity index (χ0) is 19.4. The first-order valence-electron chi connectivity index (χ1n) is 6.66. The molecule has 0 aliphatic carbocycles. The van der Waals surface area contributed by atoms with E-state index < -0.39 is 74.6 Å². The topological polar surface area (TPSA) is 236 Å². The van der Waals surface area contributed by atoms with Crippen molar-refractivity contribution in [3.05, 3.63) is 0 Å². The van der Waals surface area contributed by atoms with Crippen LogP contribution in [0.4, 0.5) is 0 Å². The molecule has 0 aromatic heterocycles. The Morgan fingerprint density at radius 2 is 0.833 bits per heavy atom. The third-order valence-corrected chi connectivity index (χ3v) is 2.78. The van der Waals surface area contributed by atoms with Gasteiger partial charge in [0, 0.05) is 0 Å². The molecule has 0 fully saturated rings. The summed E-state index contributed by atoms with van der Waals surface area (Å²) in [6, 6.07) is 0. The summed E-state index contributed by atoms with van der Waals surface area (Å²) in [7, 11) is 0. The average Bonchev–Trinajstić information content (AvgIpc) is 2.62. The number of aliphatic hydroxyl groups is 10. The van der Waals surface area contributed by atoms with Gasteiger partial charge in [0.05, 0.1) is 13.2 Å². The maximum absolute atomic E-state index is 10.5. The average molecular weight is 360 g/mol. The Morgan fingerprint density at radius 3 is 1.00 bits per heavy atom. The smallest absolute Gasteiger partial charge is 0.189 e. The quantitative estimate of drug-likeness (QED) is 0.175. The summed E-state index contributed by atoms with van der Waals surface area (Å²) in [6.07, 6.45) is -10.4. The third-order valence-electron chi connectivity index (χ3n) is 2.78. The van der Waals surface area contributed by atoms with E-state index in [1.165, 1.54) is 0 Å². The number of hydrogen-bond donors (Lipinski definition) is 10. The molecule has 0 aromatic carbocycles. The van der Waals surface area contributed by atoms with Crippen LogP contribution in [0.5, 0.6) is 0 Å². The summed E-state index contributed by atoms with van der Waals surface area (Å²) < 4.78 is 0. The fraction of sp³-hybridized carbons (Fsp3) is 0.833. The maximum Gasteiger partial charge on any atom is 0.189 e. The lowest BCUT2D eigenvalue weighted by Crippen LogP contribution is -2.44. The minimum atomic E-state index is -1.86. The van der Waals surface area contributed by atoms with Crippen LogP contribution in [-0.2, 0) is 9.59 Å². The molecule has 0 saturated carbocycles. The molecule has 0 amide bonds. The van der Waals surface area contributed by atoms with E-state index in [-0.39, 0.29) is 0 Å². The first kappa shape index (κ1) is 25.2. The van der Waals surface area contributed by atoms with E-state index in [9.17, 15) is 9.59 Å². The molecule has 0 aromatic rings. The highest BCUT2D eigenvalue weighted by Crippen LogP contribution is 2.01. The molecule has 0 bridgehead atoms. The van der Waals surface area contributed by atoms with E-state index >= 15 is 0 Å². The summed E-state index contributed by atoms with van der Waals surface area (Å²) in [6.45, 7) is -3.37. The van der Waals surface area contributed by atoms with Crippen molar-refractivity contribution in [1.82, 2.24) is 0 Å². The SMILES string of the molecule is O=C(CO)[C@@H](O)[C@@H](O)[C@@H](O)CO.O=C(CO)[C@H](O)[C@H](O)[C@H](O)CO. The Balaban J connectivity index is 0. The molecule has 12 nitrogen and oxygen atoms in total. The highest BCUT2D eigenvalue weighted by atomic mass is 16.4. The molecule has 10 N–H and O–H groups in total. The van der Waals surface area contributed by atoms with Crippen LogP contribution >= 0.6 is 0 Å². The lowest BCUT2D eigenvalue weighted by Gasteiger charge is -2.19. The molecule has 0 aliphatic heterocycles. The summed E-state index contributed by atoms with van der Waals surface area (Å²) >= 11 is 0. The van der Waals surface area contributed by atoms with E-state index in [4.69, 9.17) is 51.1 Å². The van der Waals surface area contributed by atoms with E-state index in [0.29, 0.717) is 0 Å². The number of carbonyl (C=O) groups is 2. The predicted molar refractivity (Wildman–Crippen MR) is 74.4 cm³/mol. The van der Waals surface area contributed by atoms with Gasteiger partial charge in [0.15, 0.2) is 11.6 Å². The summed E-state index contributed by atoms with van der Waals surface area (Å²) in [4.78, 5) is 21.0. The molecule has 24 heavy (non-hydrogen) atoms. The van der Waals surface area contributed by atoms with Crippen molar-refractivity contribution in [2.24, 2.45) is 0 Å². The van der Waals surface area contributed by atoms with Gasteiger partial charge in [-0.3, -0.25) is 9.59 Å². The Labute approximate surface area is 136 Å². The Morgan fingerprint density at radius 1 is 0.583 bits per heavy atom. The van der Waals surface area contributed by atoms with Crippen molar-refractivity contribution in [2.75, 3.05) is 26.4 Å². The fourth-order valence-electron chi connectivity index (χ4n) is 1.20. The van der Waals surface area contributed by atoms with Crippen LogP contribution in [0.25, 0.3) is 0 Å². The maximum atomic E-state index is 10.5. The van der Waals surface area contributed by atoms with Gasteiger partial charge in [-0.05, 0) is 0 Å². The van der Waals surface area contributed by atoms with Crippen LogP contribution in [0.3, 0.4) is 0 Å². The lowest BCUT2D eigenvalue weighted by molar-refractivity contribution is -0.143. The molecule has 0 aliphatic rings. The van der Waals surface area contributed by atoms with Crippen LogP contribution in [0.15, 0.2) is 0 Å². The van der Waals surface area contributed by atoms with Gasteiger partial charge in [-0.15, -0.1) is 0 Å². The van der Waals surface area contributed by atoms with E-state index in [1.807, 2.05) is 0 Å². The molecular weight excluding hydrogens is 336 g/mol. The zero-order valence-corrected chi connectivity index (χ0v) is 12.6. The van der Waals surface area contributed by atoms with E-state index in [2.05, 4.69) is 0 Å². The molecule has 0 heterocycles. The number of aliphatic hydroxyl groups excluding tert-OH is 10. The summed E-state index contributed by atoms with van der Waals surface area (Å²) in [5.74, 6) is -2.01. The third kappa shape index (κ3) is 8.70. The highest BCUT2D eigenvalue weighted by molar-refractivity contribution is 5.84. The predicted octanol–water partition coefficient (Wildman–Crippen LogP) is -6.75. The number of Topliss-reactive ketones (excluding diaryl/α,β-unsaturated/α-hetero) is 2. The molecule has 0 unspecified atom stereocenters. The molecule has 0 saturated heterocycles. The Bertz CT molecular complexity index is 328. The second-order valence-corrected chi connectivity index (χ2v) is 4.62. The van der Waals surface area contributed by atoms with Gasteiger partial charge >= 0.3 is 0 Å². The van der Waals surface area contributed by atoms with Gasteiger partial charge in [0.1, 0.15) is 49.8 Å². The summed E-state index contributed by atoms with van der Waals surface area (Å²) in [5, 5.41) is 86.1. The molecule has 0 rings (SSSR count). The Hall–Kier alpha value is -1.06. The summed E-state index contributed by atoms with van der Waals surface area (Å²) in [5.41, 5.74) is 0. The van der Waals surface area contributed by atoms with Gasteiger partial charge < -0.3 is 51.1 Å². The normalized spacial score (nSPS) is 18.4. The van der Waals surface area contributed by atoms with Crippen LogP contribution in [0, 0.1) is 0 Å². The highest BCUT2D eigenvalue weighted by Gasteiger charge is 2.29. The van der Waals surface area contributed by atoms with Crippen molar-refractivity contribution >= 4 is 11.6 Å². The number of ketones is 2. The fourth-order valence-corrected chi connectivity index (χ4v) is 1.20.